The maximum Gasteiger partial charge on any atom is 0.232 e. The highest BCUT2D eigenvalue weighted by atomic mass is 16.5. The lowest BCUT2D eigenvalue weighted by Gasteiger charge is -2.38. The second kappa shape index (κ2) is 9.30. The van der Waals surface area contributed by atoms with Gasteiger partial charge in [-0.2, -0.15) is 0 Å². The van der Waals surface area contributed by atoms with E-state index in [1.54, 1.807) is 4.90 Å². The summed E-state index contributed by atoms with van der Waals surface area (Å²) >= 11 is 0. The first-order valence-corrected chi connectivity index (χ1v) is 11.9. The number of ketones is 1. The fourth-order valence-electron chi connectivity index (χ4n) is 4.99. The minimum Gasteiger partial charge on any atom is -0.489 e. The molecule has 2 aliphatic rings. The summed E-state index contributed by atoms with van der Waals surface area (Å²) in [6.45, 7) is 4.59. The third-order valence-corrected chi connectivity index (χ3v) is 6.74. The molecule has 1 unspecified atom stereocenters. The molecule has 0 fully saturated rings. The zero-order chi connectivity index (χ0) is 23.7. The molecule has 0 saturated carbocycles. The van der Waals surface area contributed by atoms with Crippen LogP contribution in [0.3, 0.4) is 0 Å². The van der Waals surface area contributed by atoms with Gasteiger partial charge in [-0.1, -0.05) is 54.1 Å². The van der Waals surface area contributed by atoms with Gasteiger partial charge in [-0.3, -0.25) is 14.5 Å². The molecule has 3 aromatic rings. The molecule has 0 radical (unpaired) electrons. The number of rotatable bonds is 5. The van der Waals surface area contributed by atoms with E-state index in [0.29, 0.717) is 19.4 Å². The van der Waals surface area contributed by atoms with Crippen molar-refractivity contribution in [3.05, 3.63) is 106 Å². The van der Waals surface area contributed by atoms with E-state index in [1.807, 2.05) is 55.5 Å². The predicted molar refractivity (Wildman–Crippen MR) is 134 cm³/mol. The Hall–Kier alpha value is -3.66. The minimum absolute atomic E-state index is 0.0451. The van der Waals surface area contributed by atoms with Gasteiger partial charge in [-0.25, -0.2) is 0 Å². The van der Waals surface area contributed by atoms with Gasteiger partial charge in [0.1, 0.15) is 12.4 Å². The van der Waals surface area contributed by atoms with E-state index in [-0.39, 0.29) is 17.6 Å². The number of carbonyl (C=O) groups is 2. The molecule has 5 rings (SSSR count). The van der Waals surface area contributed by atoms with E-state index in [9.17, 15) is 9.59 Å². The van der Waals surface area contributed by atoms with Crippen LogP contribution in [0, 0.1) is 13.8 Å². The highest BCUT2D eigenvalue weighted by molar-refractivity contribution is 6.07. The Morgan fingerprint density at radius 2 is 1.65 bits per heavy atom. The maximum absolute atomic E-state index is 13.4. The lowest BCUT2D eigenvalue weighted by Crippen LogP contribution is -2.40. The number of hydrogen-bond donors (Lipinski definition) is 0. The van der Waals surface area contributed by atoms with Crippen molar-refractivity contribution in [2.75, 3.05) is 4.90 Å². The summed E-state index contributed by atoms with van der Waals surface area (Å²) in [5.41, 5.74) is 6.96. The molecule has 0 aromatic heterocycles. The zero-order valence-electron chi connectivity index (χ0n) is 19.7. The average Bonchev–Trinajstić information content (AvgIpc) is 2.83. The highest BCUT2D eigenvalue weighted by Gasteiger charge is 2.39. The Balaban J connectivity index is 1.42. The van der Waals surface area contributed by atoms with E-state index >= 15 is 0 Å². The molecule has 1 aliphatic heterocycles. The van der Waals surface area contributed by atoms with Crippen LogP contribution in [-0.2, 0) is 16.2 Å². The van der Waals surface area contributed by atoms with Gasteiger partial charge in [0.25, 0.3) is 0 Å². The molecular formula is C30H29NO3. The van der Waals surface area contributed by atoms with Crippen molar-refractivity contribution in [1.29, 1.82) is 0 Å². The van der Waals surface area contributed by atoms with E-state index in [1.165, 1.54) is 5.56 Å². The van der Waals surface area contributed by atoms with Gasteiger partial charge < -0.3 is 4.74 Å². The predicted octanol–water partition coefficient (Wildman–Crippen LogP) is 6.41. The fourth-order valence-corrected chi connectivity index (χ4v) is 4.99. The SMILES string of the molecule is Cc1ccc(COc2ccc(C3CC(=O)N(c4cccc(C)c4)C4=C3C(=O)CCC4)cc2)cc1. The molecule has 0 N–H and O–H groups in total. The Labute approximate surface area is 200 Å². The first kappa shape index (κ1) is 22.1. The summed E-state index contributed by atoms with van der Waals surface area (Å²) in [5.74, 6) is 0.777. The van der Waals surface area contributed by atoms with Crippen LogP contribution in [0.15, 0.2) is 84.1 Å². The number of anilines is 1. The van der Waals surface area contributed by atoms with Gasteiger partial charge in [0.15, 0.2) is 5.78 Å². The first-order valence-electron chi connectivity index (χ1n) is 11.9. The second-order valence-corrected chi connectivity index (χ2v) is 9.31. The van der Waals surface area contributed by atoms with Crippen LogP contribution in [0.1, 0.15) is 53.9 Å². The van der Waals surface area contributed by atoms with Crippen LogP contribution < -0.4 is 9.64 Å². The largest absolute Gasteiger partial charge is 0.489 e. The third-order valence-electron chi connectivity index (χ3n) is 6.74. The minimum atomic E-state index is -0.206. The fraction of sp³-hybridized carbons (Fsp3) is 0.267. The lowest BCUT2D eigenvalue weighted by molar-refractivity contribution is -0.119. The molecule has 172 valence electrons. The van der Waals surface area contributed by atoms with Gasteiger partial charge in [-0.05, 0) is 67.6 Å². The Bertz CT molecular complexity index is 1250. The molecular weight excluding hydrogens is 422 g/mol. The van der Waals surface area contributed by atoms with Gasteiger partial charge in [-0.15, -0.1) is 0 Å². The van der Waals surface area contributed by atoms with Crippen LogP contribution >= 0.6 is 0 Å². The number of Topliss-reactive ketones (excluding diaryl/α,β-unsaturated/α-hetero) is 1. The summed E-state index contributed by atoms with van der Waals surface area (Å²) in [7, 11) is 0. The van der Waals surface area contributed by atoms with Crippen molar-refractivity contribution in [2.24, 2.45) is 0 Å². The molecule has 3 aromatic carbocycles. The first-order chi connectivity index (χ1) is 16.5. The third kappa shape index (κ3) is 4.41. The molecule has 1 heterocycles. The number of amides is 1. The van der Waals surface area contributed by atoms with Crippen molar-refractivity contribution in [3.63, 3.8) is 0 Å². The van der Waals surface area contributed by atoms with Crippen LogP contribution in [-0.4, -0.2) is 11.7 Å². The molecule has 4 nitrogen and oxygen atoms in total. The zero-order valence-corrected chi connectivity index (χ0v) is 19.7. The summed E-state index contributed by atoms with van der Waals surface area (Å²) < 4.78 is 5.96. The molecule has 1 amide bonds. The number of carbonyl (C=O) groups excluding carboxylic acids is 2. The monoisotopic (exact) mass is 451 g/mol. The van der Waals surface area contributed by atoms with Gasteiger partial charge in [0.2, 0.25) is 5.91 Å². The van der Waals surface area contributed by atoms with E-state index in [2.05, 4.69) is 31.2 Å². The topological polar surface area (TPSA) is 46.6 Å². The normalized spacial score (nSPS) is 18.2. The molecule has 1 aliphatic carbocycles. The summed E-state index contributed by atoms with van der Waals surface area (Å²) in [4.78, 5) is 28.2. The van der Waals surface area contributed by atoms with Crippen molar-refractivity contribution in [3.8, 4) is 5.75 Å². The summed E-state index contributed by atoms with van der Waals surface area (Å²) in [5, 5.41) is 0. The van der Waals surface area contributed by atoms with Crippen LogP contribution in [0.2, 0.25) is 0 Å². The van der Waals surface area contributed by atoms with Crippen molar-refractivity contribution >= 4 is 17.4 Å². The molecule has 0 bridgehead atoms. The van der Waals surface area contributed by atoms with Crippen molar-refractivity contribution < 1.29 is 14.3 Å². The standard InChI is InChI=1S/C30H29NO3/c1-20-9-11-22(12-10-20)19-34-25-15-13-23(14-16-25)26-18-29(33)31(24-6-3-5-21(2)17-24)27-7-4-8-28(32)30(26)27/h3,5-6,9-17,26H,4,7-8,18-19H2,1-2H3. The van der Waals surface area contributed by atoms with Crippen LogP contribution in [0.5, 0.6) is 5.75 Å². The molecule has 1 atom stereocenters. The lowest BCUT2D eigenvalue weighted by atomic mass is 9.77. The molecule has 34 heavy (non-hydrogen) atoms. The molecule has 4 heteroatoms. The Kier molecular flexibility index (Phi) is 6.06. The smallest absolute Gasteiger partial charge is 0.232 e. The maximum atomic E-state index is 13.4. The number of ether oxygens (including phenoxy) is 1. The highest BCUT2D eigenvalue weighted by Crippen LogP contribution is 2.43. The van der Waals surface area contributed by atoms with Crippen molar-refractivity contribution in [2.45, 2.75) is 52.1 Å². The van der Waals surface area contributed by atoms with Gasteiger partial charge in [0, 0.05) is 35.7 Å². The average molecular weight is 452 g/mol. The van der Waals surface area contributed by atoms with Crippen LogP contribution in [0.25, 0.3) is 0 Å². The molecule has 0 spiro atoms. The van der Waals surface area contributed by atoms with E-state index in [0.717, 1.165) is 52.2 Å². The number of allylic oxidation sites excluding steroid dienone is 2. The van der Waals surface area contributed by atoms with Crippen molar-refractivity contribution in [1.82, 2.24) is 0 Å². The van der Waals surface area contributed by atoms with Gasteiger partial charge in [0.05, 0.1) is 0 Å². The summed E-state index contributed by atoms with van der Waals surface area (Å²) in [6.07, 6.45) is 2.37. The van der Waals surface area contributed by atoms with E-state index < -0.39 is 0 Å². The number of benzene rings is 3. The number of aryl methyl sites for hydroxylation is 2. The number of nitrogens with zero attached hydrogens (tertiary/aromatic N) is 1. The number of hydrogen-bond acceptors (Lipinski definition) is 3. The van der Waals surface area contributed by atoms with Gasteiger partial charge >= 0.3 is 0 Å². The Morgan fingerprint density at radius 1 is 0.882 bits per heavy atom. The van der Waals surface area contributed by atoms with E-state index in [4.69, 9.17) is 4.74 Å². The second-order valence-electron chi connectivity index (χ2n) is 9.31. The summed E-state index contributed by atoms with van der Waals surface area (Å²) in [6, 6.07) is 24.1. The quantitative estimate of drug-likeness (QED) is 0.450. The Morgan fingerprint density at radius 3 is 2.38 bits per heavy atom. The van der Waals surface area contributed by atoms with Crippen LogP contribution in [0.4, 0.5) is 5.69 Å². The molecule has 0 saturated heterocycles.